The van der Waals surface area contributed by atoms with Gasteiger partial charge in [-0.1, -0.05) is 0 Å². The number of hydrogen-bond donors (Lipinski definition) is 1. The lowest BCUT2D eigenvalue weighted by Crippen LogP contribution is -2.32. The Morgan fingerprint density at radius 2 is 1.95 bits per heavy atom. The van der Waals surface area contributed by atoms with Gasteiger partial charge in [0.05, 0.1) is 22.1 Å². The summed E-state index contributed by atoms with van der Waals surface area (Å²) >= 11 is 3.37. The normalized spacial score (nSPS) is 12.3. The molecule has 0 aromatic heterocycles. The van der Waals surface area contributed by atoms with Crippen LogP contribution in [0.2, 0.25) is 0 Å². The maximum absolute atomic E-state index is 11.9. The van der Waals surface area contributed by atoms with Gasteiger partial charge in [-0.05, 0) is 48.8 Å². The molecule has 0 saturated heterocycles. The Balaban J connectivity index is 2.64. The van der Waals surface area contributed by atoms with Crippen LogP contribution in [0.1, 0.15) is 20.8 Å². The predicted molar refractivity (Wildman–Crippen MR) is 82.7 cm³/mol. The highest BCUT2D eigenvalue weighted by Crippen LogP contribution is 2.27. The van der Waals surface area contributed by atoms with E-state index >= 15 is 0 Å². The van der Waals surface area contributed by atoms with Crippen LogP contribution in [0, 0.1) is 0 Å². The molecule has 0 radical (unpaired) electrons. The van der Waals surface area contributed by atoms with Crippen LogP contribution in [-0.2, 0) is 9.84 Å². The quantitative estimate of drug-likeness (QED) is 0.887. The van der Waals surface area contributed by atoms with Crippen LogP contribution in [0.4, 0.5) is 5.69 Å². The molecular formula is C13H20BrNO3S. The number of anilines is 1. The summed E-state index contributed by atoms with van der Waals surface area (Å²) in [5.74, 6) is 0.818. The average Bonchev–Trinajstić information content (AvgIpc) is 2.29. The first kappa shape index (κ1) is 16.3. The van der Waals surface area contributed by atoms with Crippen LogP contribution >= 0.6 is 15.9 Å². The molecule has 1 rings (SSSR count). The number of ether oxygens (including phenoxy) is 1. The topological polar surface area (TPSA) is 55.4 Å². The summed E-state index contributed by atoms with van der Waals surface area (Å²) in [5, 5.41) is 3.09. The van der Waals surface area contributed by atoms with Gasteiger partial charge in [0, 0.05) is 18.3 Å². The average molecular weight is 350 g/mol. The standard InChI is InChI=1S/C13H20BrNO3S/c1-13(2,3)19(16,17)8-7-15-10-5-6-11(14)12(9-10)18-4/h5-6,9,15H,7-8H2,1-4H3. The minimum absolute atomic E-state index is 0.106. The van der Waals surface area contributed by atoms with Crippen LogP contribution < -0.4 is 10.1 Å². The molecule has 0 fully saturated rings. The lowest BCUT2D eigenvalue weighted by atomic mass is 10.3. The summed E-state index contributed by atoms with van der Waals surface area (Å²) in [4.78, 5) is 0. The van der Waals surface area contributed by atoms with Gasteiger partial charge in [0.1, 0.15) is 5.75 Å². The van der Waals surface area contributed by atoms with Gasteiger partial charge in [-0.25, -0.2) is 8.42 Å². The number of methoxy groups -OCH3 is 1. The minimum Gasteiger partial charge on any atom is -0.495 e. The van der Waals surface area contributed by atoms with Crippen molar-refractivity contribution in [2.24, 2.45) is 0 Å². The molecule has 0 aliphatic rings. The van der Waals surface area contributed by atoms with Crippen LogP contribution in [0.5, 0.6) is 5.75 Å². The maximum Gasteiger partial charge on any atom is 0.156 e. The maximum atomic E-state index is 11.9. The summed E-state index contributed by atoms with van der Waals surface area (Å²) < 4.78 is 29.2. The van der Waals surface area contributed by atoms with Gasteiger partial charge >= 0.3 is 0 Å². The van der Waals surface area contributed by atoms with Crippen molar-refractivity contribution in [3.8, 4) is 5.75 Å². The molecule has 0 unspecified atom stereocenters. The van der Waals surface area contributed by atoms with Crippen molar-refractivity contribution >= 4 is 31.5 Å². The molecular weight excluding hydrogens is 330 g/mol. The fourth-order valence-corrected chi connectivity index (χ4v) is 2.80. The third-order valence-corrected chi connectivity index (χ3v) is 6.05. The molecule has 19 heavy (non-hydrogen) atoms. The van der Waals surface area contributed by atoms with Crippen LogP contribution in [0.3, 0.4) is 0 Å². The first-order valence-electron chi connectivity index (χ1n) is 5.97. The summed E-state index contributed by atoms with van der Waals surface area (Å²) in [7, 11) is -1.50. The molecule has 0 aliphatic heterocycles. The molecule has 0 bridgehead atoms. The second-order valence-corrected chi connectivity index (χ2v) is 8.92. The number of nitrogens with one attached hydrogen (secondary N) is 1. The number of halogens is 1. The molecule has 0 amide bonds. The predicted octanol–water partition coefficient (Wildman–Crippen LogP) is 3.08. The summed E-state index contributed by atoms with van der Waals surface area (Å²) in [5.41, 5.74) is 0.837. The lowest BCUT2D eigenvalue weighted by Gasteiger charge is -2.19. The van der Waals surface area contributed by atoms with Crippen molar-refractivity contribution in [2.75, 3.05) is 24.7 Å². The zero-order valence-corrected chi connectivity index (χ0v) is 14.1. The summed E-state index contributed by atoms with van der Waals surface area (Å²) in [6.45, 7) is 5.52. The van der Waals surface area contributed by atoms with Gasteiger partial charge in [-0.15, -0.1) is 0 Å². The van der Waals surface area contributed by atoms with Crippen LogP contribution in [0.25, 0.3) is 0 Å². The zero-order valence-electron chi connectivity index (χ0n) is 11.7. The van der Waals surface area contributed by atoms with Crippen LogP contribution in [0.15, 0.2) is 22.7 Å². The molecule has 1 aromatic rings. The van der Waals surface area contributed by atoms with E-state index in [0.29, 0.717) is 12.3 Å². The van der Waals surface area contributed by atoms with E-state index in [-0.39, 0.29) is 5.75 Å². The minimum atomic E-state index is -3.09. The summed E-state index contributed by atoms with van der Waals surface area (Å²) in [6, 6.07) is 5.56. The van der Waals surface area contributed by atoms with Crippen molar-refractivity contribution in [2.45, 2.75) is 25.5 Å². The Morgan fingerprint density at radius 1 is 1.32 bits per heavy atom. The lowest BCUT2D eigenvalue weighted by molar-refractivity contribution is 0.412. The highest BCUT2D eigenvalue weighted by atomic mass is 79.9. The van der Waals surface area contributed by atoms with Gasteiger partial charge < -0.3 is 10.1 Å². The number of sulfone groups is 1. The second-order valence-electron chi connectivity index (χ2n) is 5.21. The van der Waals surface area contributed by atoms with Gasteiger partial charge in [0.15, 0.2) is 9.84 Å². The smallest absolute Gasteiger partial charge is 0.156 e. The molecule has 0 saturated carbocycles. The highest BCUT2D eigenvalue weighted by Gasteiger charge is 2.28. The molecule has 1 N–H and O–H groups in total. The number of rotatable bonds is 5. The van der Waals surface area contributed by atoms with Crippen molar-refractivity contribution in [3.63, 3.8) is 0 Å². The fraction of sp³-hybridized carbons (Fsp3) is 0.538. The van der Waals surface area contributed by atoms with Crippen LogP contribution in [-0.4, -0.2) is 32.6 Å². The monoisotopic (exact) mass is 349 g/mol. The first-order valence-corrected chi connectivity index (χ1v) is 8.41. The fourth-order valence-electron chi connectivity index (χ4n) is 1.41. The van der Waals surface area contributed by atoms with E-state index in [2.05, 4.69) is 21.2 Å². The molecule has 108 valence electrons. The second kappa shape index (κ2) is 6.13. The Morgan fingerprint density at radius 3 is 2.47 bits per heavy atom. The van der Waals surface area contributed by atoms with E-state index in [4.69, 9.17) is 4.74 Å². The molecule has 0 spiro atoms. The largest absolute Gasteiger partial charge is 0.495 e. The molecule has 6 heteroatoms. The Hall–Kier alpha value is -0.750. The highest BCUT2D eigenvalue weighted by molar-refractivity contribution is 9.10. The third-order valence-electron chi connectivity index (χ3n) is 2.78. The molecule has 1 aromatic carbocycles. The van der Waals surface area contributed by atoms with E-state index in [1.807, 2.05) is 18.2 Å². The Kier molecular flexibility index (Phi) is 5.26. The Labute approximate surface area is 123 Å². The van der Waals surface area contributed by atoms with Gasteiger partial charge in [-0.2, -0.15) is 0 Å². The van der Waals surface area contributed by atoms with Crippen molar-refractivity contribution in [3.05, 3.63) is 22.7 Å². The van der Waals surface area contributed by atoms with Crippen molar-refractivity contribution in [1.29, 1.82) is 0 Å². The molecule has 0 aliphatic carbocycles. The number of hydrogen-bond acceptors (Lipinski definition) is 4. The number of benzene rings is 1. The molecule has 0 atom stereocenters. The van der Waals surface area contributed by atoms with Crippen molar-refractivity contribution < 1.29 is 13.2 Å². The first-order chi connectivity index (χ1) is 8.67. The van der Waals surface area contributed by atoms with E-state index in [1.165, 1.54) is 0 Å². The third kappa shape index (κ3) is 4.38. The van der Waals surface area contributed by atoms with Gasteiger partial charge in [-0.3, -0.25) is 0 Å². The SMILES string of the molecule is COc1cc(NCCS(=O)(=O)C(C)(C)C)ccc1Br. The van der Waals surface area contributed by atoms with E-state index in [1.54, 1.807) is 27.9 Å². The zero-order chi connectivity index (χ0) is 14.7. The van der Waals surface area contributed by atoms with E-state index in [9.17, 15) is 8.42 Å². The van der Waals surface area contributed by atoms with E-state index in [0.717, 1.165) is 10.2 Å². The van der Waals surface area contributed by atoms with E-state index < -0.39 is 14.6 Å². The van der Waals surface area contributed by atoms with Gasteiger partial charge in [0.25, 0.3) is 0 Å². The molecule has 4 nitrogen and oxygen atoms in total. The van der Waals surface area contributed by atoms with Crippen molar-refractivity contribution in [1.82, 2.24) is 0 Å². The van der Waals surface area contributed by atoms with Gasteiger partial charge in [0.2, 0.25) is 0 Å². The molecule has 0 heterocycles. The summed E-state index contributed by atoms with van der Waals surface area (Å²) in [6.07, 6.45) is 0. The Bertz CT molecular complexity index is 535.